The van der Waals surface area contributed by atoms with Gasteiger partial charge in [0.15, 0.2) is 5.82 Å². The highest BCUT2D eigenvalue weighted by Gasteiger charge is 2.51. The number of rotatable bonds is 2. The van der Waals surface area contributed by atoms with E-state index in [0.29, 0.717) is 0 Å². The molecule has 6 radical (unpaired) electrons. The summed E-state index contributed by atoms with van der Waals surface area (Å²) in [6.45, 7) is 0. The fraction of sp³-hybridized carbons (Fsp3) is 0.154. The first-order valence-electron chi connectivity index (χ1n) is 6.75. The third-order valence-electron chi connectivity index (χ3n) is 3.81. The minimum Gasteiger partial charge on any atom is -0.506 e. The molecule has 0 aliphatic carbocycles. The first kappa shape index (κ1) is 17.5. The number of aromatic hydroxyl groups is 1. The Balaban J connectivity index is 2.43. The van der Waals surface area contributed by atoms with Crippen molar-refractivity contribution in [2.24, 2.45) is 0 Å². The molecule has 1 aliphatic rings. The number of benzene rings is 2. The summed E-state index contributed by atoms with van der Waals surface area (Å²) < 4.78 is 46.0. The third-order valence-corrected chi connectivity index (χ3v) is 5.21. The van der Waals surface area contributed by atoms with Crippen molar-refractivity contribution >= 4 is 61.6 Å². The van der Waals surface area contributed by atoms with Crippen LogP contribution >= 0.6 is 0 Å². The molecule has 0 aromatic heterocycles. The quantitative estimate of drug-likeness (QED) is 0.650. The molecule has 1 aliphatic heterocycles. The van der Waals surface area contributed by atoms with Gasteiger partial charge in [-0.05, 0) is 23.0 Å². The molecule has 2 N–H and O–H groups in total. The number of carbonyl (C=O) groups excluding carboxylic acids is 1. The standard InChI is InChI=1S/C13H8B3FN2O5S/c1-24-5-2-3-6-7(4-5)9(17)10(11(20)8(6)14)19-13(15,16)12(21)18-25(19,22)23/h2-4,20H,1H3,(H,18,21). The summed E-state index contributed by atoms with van der Waals surface area (Å²) in [7, 11) is 13.6. The van der Waals surface area contributed by atoms with Crippen molar-refractivity contribution < 1.29 is 27.4 Å². The first-order chi connectivity index (χ1) is 11.5. The van der Waals surface area contributed by atoms with Crippen molar-refractivity contribution in [3.8, 4) is 11.5 Å². The van der Waals surface area contributed by atoms with Crippen LogP contribution < -0.4 is 19.2 Å². The number of hydrogen-bond acceptors (Lipinski definition) is 5. The predicted octanol–water partition coefficient (Wildman–Crippen LogP) is -1.34. The zero-order valence-corrected chi connectivity index (χ0v) is 13.6. The van der Waals surface area contributed by atoms with E-state index in [2.05, 4.69) is 0 Å². The van der Waals surface area contributed by atoms with Crippen LogP contribution in [0.4, 0.5) is 10.1 Å². The van der Waals surface area contributed by atoms with Gasteiger partial charge in [0.1, 0.15) is 40.7 Å². The molecule has 0 atom stereocenters. The average Bonchev–Trinajstić information content (AvgIpc) is 2.70. The fourth-order valence-corrected chi connectivity index (χ4v) is 3.96. The van der Waals surface area contributed by atoms with E-state index in [1.54, 1.807) is 4.72 Å². The van der Waals surface area contributed by atoms with E-state index in [9.17, 15) is 18.3 Å². The van der Waals surface area contributed by atoms with Gasteiger partial charge < -0.3 is 9.84 Å². The number of ether oxygens (including phenoxy) is 1. The van der Waals surface area contributed by atoms with Gasteiger partial charge in [0.05, 0.1) is 12.4 Å². The number of methoxy groups -OCH3 is 1. The zero-order chi connectivity index (χ0) is 18.7. The van der Waals surface area contributed by atoms with Crippen molar-refractivity contribution in [2.45, 2.75) is 5.34 Å². The summed E-state index contributed by atoms with van der Waals surface area (Å²) in [5.74, 6) is -3.15. The number of nitrogens with zero attached hydrogens (tertiary/aromatic N) is 1. The molecule has 3 rings (SSSR count). The summed E-state index contributed by atoms with van der Waals surface area (Å²) in [5, 5.41) is 7.55. The van der Waals surface area contributed by atoms with Crippen LogP contribution in [0.25, 0.3) is 10.8 Å². The van der Waals surface area contributed by atoms with Gasteiger partial charge in [-0.25, -0.2) is 13.4 Å². The number of carbonyl (C=O) groups is 1. The lowest BCUT2D eigenvalue weighted by atomic mass is 9.61. The van der Waals surface area contributed by atoms with Gasteiger partial charge in [0.2, 0.25) is 5.91 Å². The molecular formula is C13H8B3FN2O5S. The van der Waals surface area contributed by atoms with E-state index in [0.717, 1.165) is 0 Å². The van der Waals surface area contributed by atoms with Crippen LogP contribution in [0, 0.1) is 5.82 Å². The number of fused-ring (bicyclic) bond motifs is 1. The minimum atomic E-state index is -4.65. The molecule has 2 aromatic rings. The maximum Gasteiger partial charge on any atom is 0.325 e. The van der Waals surface area contributed by atoms with E-state index in [4.69, 9.17) is 28.3 Å². The van der Waals surface area contributed by atoms with Crippen molar-refractivity contribution in [2.75, 3.05) is 11.4 Å². The summed E-state index contributed by atoms with van der Waals surface area (Å²) in [6.07, 6.45) is 0. The SMILES string of the molecule is [B]c1c(O)c(N2C([B])([B])C(=O)NS2(=O)=O)c(F)c2cc(OC)ccc12. The van der Waals surface area contributed by atoms with Gasteiger partial charge in [-0.1, -0.05) is 6.07 Å². The van der Waals surface area contributed by atoms with Crippen LogP contribution in [0.15, 0.2) is 18.2 Å². The van der Waals surface area contributed by atoms with Crippen LogP contribution in [0.5, 0.6) is 11.5 Å². The maximum absolute atomic E-state index is 15.1. The largest absolute Gasteiger partial charge is 0.506 e. The number of halogens is 1. The lowest BCUT2D eigenvalue weighted by molar-refractivity contribution is -0.119. The molecule has 0 spiro atoms. The van der Waals surface area contributed by atoms with Gasteiger partial charge in [-0.2, -0.15) is 8.42 Å². The second-order valence-electron chi connectivity index (χ2n) is 5.36. The number of anilines is 1. The Labute approximate surface area is 146 Å². The Kier molecular flexibility index (Phi) is 3.72. The van der Waals surface area contributed by atoms with Crippen molar-refractivity contribution in [3.63, 3.8) is 0 Å². The highest BCUT2D eigenvalue weighted by Crippen LogP contribution is 2.40. The molecule has 1 fully saturated rings. The van der Waals surface area contributed by atoms with E-state index in [-0.39, 0.29) is 26.3 Å². The van der Waals surface area contributed by atoms with E-state index in [1.165, 1.54) is 25.3 Å². The van der Waals surface area contributed by atoms with Crippen molar-refractivity contribution in [1.82, 2.24) is 4.72 Å². The Morgan fingerprint density at radius 1 is 1.32 bits per heavy atom. The molecule has 7 nitrogen and oxygen atoms in total. The molecule has 25 heavy (non-hydrogen) atoms. The lowest BCUT2D eigenvalue weighted by Crippen LogP contribution is -2.51. The molecule has 0 saturated carbocycles. The number of hydrogen-bond donors (Lipinski definition) is 2. The lowest BCUT2D eigenvalue weighted by Gasteiger charge is -2.31. The normalized spacial score (nSPS) is 18.3. The van der Waals surface area contributed by atoms with Gasteiger partial charge in [-0.15, -0.1) is 0 Å². The van der Waals surface area contributed by atoms with E-state index in [1.807, 2.05) is 0 Å². The summed E-state index contributed by atoms with van der Waals surface area (Å²) in [6, 6.07) is 4.11. The van der Waals surface area contributed by atoms with Crippen LogP contribution in [-0.4, -0.2) is 55.4 Å². The maximum atomic E-state index is 15.1. The van der Waals surface area contributed by atoms with Gasteiger partial charge in [-0.3, -0.25) is 4.79 Å². The Hall–Kier alpha value is -2.36. The predicted molar refractivity (Wildman–Crippen MR) is 91.3 cm³/mol. The third kappa shape index (κ3) is 2.35. The summed E-state index contributed by atoms with van der Waals surface area (Å²) in [5.41, 5.74) is -1.26. The molecule has 0 unspecified atom stereocenters. The zero-order valence-electron chi connectivity index (χ0n) is 12.8. The molecule has 1 saturated heterocycles. The first-order valence-corrected chi connectivity index (χ1v) is 8.19. The molecule has 122 valence electrons. The Bertz CT molecular complexity index is 1030. The molecule has 2 aromatic carbocycles. The minimum absolute atomic E-state index is 0.0578. The van der Waals surface area contributed by atoms with Crippen LogP contribution in [0.2, 0.25) is 0 Å². The van der Waals surface area contributed by atoms with Crippen LogP contribution in [0.3, 0.4) is 0 Å². The average molecular weight is 356 g/mol. The molecule has 12 heteroatoms. The Morgan fingerprint density at radius 2 is 1.96 bits per heavy atom. The van der Waals surface area contributed by atoms with Crippen molar-refractivity contribution in [1.29, 1.82) is 0 Å². The second kappa shape index (κ2) is 5.32. The Morgan fingerprint density at radius 3 is 2.48 bits per heavy atom. The highest BCUT2D eigenvalue weighted by atomic mass is 32.2. The topological polar surface area (TPSA) is 95.9 Å². The van der Waals surface area contributed by atoms with E-state index < -0.39 is 38.7 Å². The van der Waals surface area contributed by atoms with Crippen LogP contribution in [0.1, 0.15) is 0 Å². The molecule has 0 bridgehead atoms. The highest BCUT2D eigenvalue weighted by molar-refractivity contribution is 7.92. The van der Waals surface area contributed by atoms with Gasteiger partial charge in [0, 0.05) is 5.39 Å². The number of phenolic OH excluding ortho intramolecular Hbond substituents is 1. The number of nitrogens with one attached hydrogen (secondary N) is 1. The van der Waals surface area contributed by atoms with Crippen LogP contribution in [-0.2, 0) is 15.0 Å². The molecular weight excluding hydrogens is 348 g/mol. The second-order valence-corrected chi connectivity index (χ2v) is 6.88. The number of amides is 1. The monoisotopic (exact) mass is 356 g/mol. The number of phenols is 1. The van der Waals surface area contributed by atoms with E-state index >= 15 is 4.39 Å². The smallest absolute Gasteiger partial charge is 0.325 e. The summed E-state index contributed by atoms with van der Waals surface area (Å²) in [4.78, 5) is 11.7. The molecule has 1 amide bonds. The fourth-order valence-electron chi connectivity index (χ4n) is 2.58. The van der Waals surface area contributed by atoms with Crippen molar-refractivity contribution in [3.05, 3.63) is 24.0 Å². The molecule has 1 heterocycles. The van der Waals surface area contributed by atoms with Gasteiger partial charge in [0.25, 0.3) is 0 Å². The summed E-state index contributed by atoms with van der Waals surface area (Å²) >= 11 is 0. The van der Waals surface area contributed by atoms with Gasteiger partial charge >= 0.3 is 10.2 Å².